The quantitative estimate of drug-likeness (QED) is 0.808. The minimum absolute atomic E-state index is 0.0592. The van der Waals surface area contributed by atoms with Gasteiger partial charge in [-0.1, -0.05) is 32.9 Å². The van der Waals surface area contributed by atoms with E-state index in [4.69, 9.17) is 5.11 Å². The van der Waals surface area contributed by atoms with E-state index in [1.54, 1.807) is 10.9 Å². The average Bonchev–Trinajstić information content (AvgIpc) is 2.97. The third-order valence-corrected chi connectivity index (χ3v) is 6.56. The number of aliphatic hydroxyl groups is 1. The maximum absolute atomic E-state index is 12.8. The van der Waals surface area contributed by atoms with Crippen LogP contribution in [-0.4, -0.2) is 63.1 Å². The maximum Gasteiger partial charge on any atom is 0.273 e. The Kier molecular flexibility index (Phi) is 4.81. The van der Waals surface area contributed by atoms with Crippen molar-refractivity contribution in [3.63, 3.8) is 0 Å². The van der Waals surface area contributed by atoms with Crippen molar-refractivity contribution in [3.8, 4) is 0 Å². The van der Waals surface area contributed by atoms with E-state index in [2.05, 4.69) is 43.3 Å². The van der Waals surface area contributed by atoms with Crippen LogP contribution in [0.2, 0.25) is 0 Å². The highest BCUT2D eigenvalue weighted by molar-refractivity contribution is 5.91. The highest BCUT2D eigenvalue weighted by Gasteiger charge is 2.68. The second-order valence-electron chi connectivity index (χ2n) is 8.50. The van der Waals surface area contributed by atoms with Gasteiger partial charge in [0.2, 0.25) is 5.91 Å². The Morgan fingerprint density at radius 3 is 2.38 bits per heavy atom. The van der Waals surface area contributed by atoms with Gasteiger partial charge >= 0.3 is 0 Å². The van der Waals surface area contributed by atoms with Crippen molar-refractivity contribution in [1.29, 1.82) is 0 Å². The first-order valence-electron chi connectivity index (χ1n) is 9.30. The Balaban J connectivity index is 1.55. The number of nitrogens with zero attached hydrogens (tertiary/aromatic N) is 4. The van der Waals surface area contributed by atoms with Crippen LogP contribution in [0.1, 0.15) is 57.1 Å². The predicted octanol–water partition coefficient (Wildman–Crippen LogP) is 0.846. The lowest BCUT2D eigenvalue weighted by atomic mass is 10.0. The zero-order valence-electron chi connectivity index (χ0n) is 16.0. The van der Waals surface area contributed by atoms with Gasteiger partial charge in [-0.3, -0.25) is 9.59 Å². The summed E-state index contributed by atoms with van der Waals surface area (Å²) >= 11 is 0. The van der Waals surface area contributed by atoms with Crippen LogP contribution in [0.15, 0.2) is 6.20 Å². The van der Waals surface area contributed by atoms with Crippen molar-refractivity contribution in [3.05, 3.63) is 11.9 Å². The molecule has 0 aromatic carbocycles. The standard InChI is InChI=1S/C18H29N5O3/c1-17(2)14(18(17,3)4)16(26)22-8-5-12(6-9-22)23-11-13(20-21-23)15(25)19-7-10-24/h11-12,14,24H,5-10H2,1-4H3,(H,19,25). The van der Waals surface area contributed by atoms with Gasteiger partial charge in [0.25, 0.3) is 5.91 Å². The minimum atomic E-state index is -0.337. The molecule has 3 rings (SSSR count). The van der Waals surface area contributed by atoms with Gasteiger partial charge in [0, 0.05) is 25.6 Å². The highest BCUT2D eigenvalue weighted by atomic mass is 16.3. The highest BCUT2D eigenvalue weighted by Crippen LogP contribution is 2.68. The molecule has 8 heteroatoms. The normalized spacial score (nSPS) is 22.3. The molecule has 1 aromatic heterocycles. The van der Waals surface area contributed by atoms with Gasteiger partial charge < -0.3 is 15.3 Å². The summed E-state index contributed by atoms with van der Waals surface area (Å²) in [4.78, 5) is 26.7. The fourth-order valence-corrected chi connectivity index (χ4v) is 4.17. The number of aliphatic hydroxyl groups excluding tert-OH is 1. The van der Waals surface area contributed by atoms with Crippen molar-refractivity contribution < 1.29 is 14.7 Å². The zero-order chi connectivity index (χ0) is 19.1. The van der Waals surface area contributed by atoms with Crippen LogP contribution in [-0.2, 0) is 4.79 Å². The molecular formula is C18H29N5O3. The molecule has 2 N–H and O–H groups in total. The summed E-state index contributed by atoms with van der Waals surface area (Å²) in [5.41, 5.74) is 0.367. The smallest absolute Gasteiger partial charge is 0.273 e. The number of nitrogens with one attached hydrogen (secondary N) is 1. The van der Waals surface area contributed by atoms with E-state index >= 15 is 0 Å². The molecule has 0 spiro atoms. The lowest BCUT2D eigenvalue weighted by Gasteiger charge is -2.32. The molecular weight excluding hydrogens is 334 g/mol. The maximum atomic E-state index is 12.8. The van der Waals surface area contributed by atoms with Crippen molar-refractivity contribution in [2.24, 2.45) is 16.7 Å². The molecule has 1 aromatic rings. The zero-order valence-corrected chi connectivity index (χ0v) is 16.0. The Labute approximate surface area is 153 Å². The summed E-state index contributed by atoms with van der Waals surface area (Å²) in [6.07, 6.45) is 3.25. The Morgan fingerprint density at radius 2 is 1.85 bits per heavy atom. The molecule has 0 atom stereocenters. The first-order valence-corrected chi connectivity index (χ1v) is 9.30. The summed E-state index contributed by atoms with van der Waals surface area (Å²) in [6, 6.07) is 0.145. The topological polar surface area (TPSA) is 100 Å². The first-order chi connectivity index (χ1) is 12.2. The molecule has 2 amide bonds. The number of hydrogen-bond acceptors (Lipinski definition) is 5. The number of aromatic nitrogens is 3. The molecule has 1 saturated heterocycles. The number of likely N-dealkylation sites (tertiary alicyclic amines) is 1. The molecule has 0 radical (unpaired) electrons. The monoisotopic (exact) mass is 363 g/mol. The first kappa shape index (κ1) is 18.8. The van der Waals surface area contributed by atoms with E-state index in [0.717, 1.165) is 12.8 Å². The van der Waals surface area contributed by atoms with E-state index in [-0.39, 0.29) is 53.4 Å². The predicted molar refractivity (Wildman–Crippen MR) is 95.3 cm³/mol. The molecule has 144 valence electrons. The largest absolute Gasteiger partial charge is 0.395 e. The molecule has 2 heterocycles. The molecule has 8 nitrogen and oxygen atoms in total. The second kappa shape index (κ2) is 6.64. The van der Waals surface area contributed by atoms with Gasteiger partial charge in [-0.2, -0.15) is 0 Å². The fraction of sp³-hybridized carbons (Fsp3) is 0.778. The molecule has 2 fully saturated rings. The Bertz CT molecular complexity index is 675. The molecule has 1 aliphatic carbocycles. The van der Waals surface area contributed by atoms with Crippen LogP contribution in [0, 0.1) is 16.7 Å². The number of rotatable bonds is 5. The summed E-state index contributed by atoms with van der Waals surface area (Å²) in [5, 5.41) is 19.3. The number of carbonyl (C=O) groups excluding carboxylic acids is 2. The second-order valence-corrected chi connectivity index (χ2v) is 8.50. The lowest BCUT2D eigenvalue weighted by molar-refractivity contribution is -0.135. The van der Waals surface area contributed by atoms with Gasteiger partial charge in [-0.15, -0.1) is 5.10 Å². The van der Waals surface area contributed by atoms with E-state index in [0.29, 0.717) is 13.1 Å². The third-order valence-electron chi connectivity index (χ3n) is 6.56. The van der Waals surface area contributed by atoms with Crippen LogP contribution < -0.4 is 5.32 Å². The van der Waals surface area contributed by atoms with E-state index in [1.165, 1.54) is 0 Å². The third kappa shape index (κ3) is 3.11. The van der Waals surface area contributed by atoms with Gasteiger partial charge in [0.1, 0.15) is 0 Å². The molecule has 0 bridgehead atoms. The molecule has 1 saturated carbocycles. The van der Waals surface area contributed by atoms with Crippen molar-refractivity contribution >= 4 is 11.8 Å². The minimum Gasteiger partial charge on any atom is -0.395 e. The average molecular weight is 363 g/mol. The van der Waals surface area contributed by atoms with E-state index in [9.17, 15) is 9.59 Å². The lowest BCUT2D eigenvalue weighted by Crippen LogP contribution is -2.41. The molecule has 1 aliphatic heterocycles. The van der Waals surface area contributed by atoms with Crippen LogP contribution in [0.4, 0.5) is 0 Å². The van der Waals surface area contributed by atoms with Crippen LogP contribution >= 0.6 is 0 Å². The number of hydrogen-bond donors (Lipinski definition) is 2. The van der Waals surface area contributed by atoms with Crippen LogP contribution in [0.5, 0.6) is 0 Å². The van der Waals surface area contributed by atoms with Crippen LogP contribution in [0.3, 0.4) is 0 Å². The van der Waals surface area contributed by atoms with Gasteiger partial charge in [0.15, 0.2) is 5.69 Å². The number of amides is 2. The van der Waals surface area contributed by atoms with Crippen molar-refractivity contribution in [1.82, 2.24) is 25.2 Å². The van der Waals surface area contributed by atoms with Gasteiger partial charge in [-0.25, -0.2) is 4.68 Å². The van der Waals surface area contributed by atoms with Gasteiger partial charge in [0.05, 0.1) is 18.8 Å². The molecule has 26 heavy (non-hydrogen) atoms. The fourth-order valence-electron chi connectivity index (χ4n) is 4.17. The summed E-state index contributed by atoms with van der Waals surface area (Å²) in [7, 11) is 0. The molecule has 2 aliphatic rings. The van der Waals surface area contributed by atoms with Crippen LogP contribution in [0.25, 0.3) is 0 Å². The number of piperidine rings is 1. The van der Waals surface area contributed by atoms with Gasteiger partial charge in [-0.05, 0) is 23.7 Å². The Hall–Kier alpha value is -1.96. The summed E-state index contributed by atoms with van der Waals surface area (Å²) in [6.45, 7) is 10.2. The molecule has 0 unspecified atom stereocenters. The van der Waals surface area contributed by atoms with E-state index in [1.807, 2.05) is 4.90 Å². The Morgan fingerprint density at radius 1 is 1.23 bits per heavy atom. The summed E-state index contributed by atoms with van der Waals surface area (Å²) in [5.74, 6) is 0.0250. The van der Waals surface area contributed by atoms with E-state index < -0.39 is 0 Å². The summed E-state index contributed by atoms with van der Waals surface area (Å²) < 4.78 is 1.72. The van der Waals surface area contributed by atoms with Crippen molar-refractivity contribution in [2.75, 3.05) is 26.2 Å². The van der Waals surface area contributed by atoms with Crippen molar-refractivity contribution in [2.45, 2.75) is 46.6 Å². The number of carbonyl (C=O) groups is 2. The SMILES string of the molecule is CC1(C)C(C(=O)N2CCC(n3cc(C(=O)NCCO)nn3)CC2)C1(C)C.